The summed E-state index contributed by atoms with van der Waals surface area (Å²) in [5, 5.41) is 8.81. The van der Waals surface area contributed by atoms with Crippen LogP contribution in [-0.2, 0) is 4.74 Å². The van der Waals surface area contributed by atoms with Gasteiger partial charge in [-0.15, -0.1) is 0 Å². The predicted octanol–water partition coefficient (Wildman–Crippen LogP) is 0.796. The number of hydrogen-bond acceptors (Lipinski definition) is 5. The third-order valence-electron chi connectivity index (χ3n) is 2.11. The lowest BCUT2D eigenvalue weighted by Gasteiger charge is -2.06. The van der Waals surface area contributed by atoms with Gasteiger partial charge in [-0.25, -0.2) is 9.59 Å². The van der Waals surface area contributed by atoms with E-state index in [9.17, 15) is 19.2 Å². The fraction of sp³-hybridized carbons (Fsp3) is 0.0909. The molecule has 0 heterocycles. The summed E-state index contributed by atoms with van der Waals surface area (Å²) in [6, 6.07) is 1.98. The quantitative estimate of drug-likeness (QED) is 0.613. The van der Waals surface area contributed by atoms with Crippen LogP contribution in [0.5, 0.6) is 0 Å². The zero-order chi connectivity index (χ0) is 13.0. The van der Waals surface area contributed by atoms with Gasteiger partial charge in [0.1, 0.15) is 0 Å². The minimum atomic E-state index is -1.35. The molecule has 0 aliphatic carbocycles. The third kappa shape index (κ3) is 2.36. The first kappa shape index (κ1) is 12.6. The lowest BCUT2D eigenvalue weighted by atomic mass is 9.99. The van der Waals surface area contributed by atoms with Crippen molar-refractivity contribution >= 4 is 24.5 Å². The number of carboxylic acid groups (broad SMARTS) is 1. The van der Waals surface area contributed by atoms with E-state index in [0.29, 0.717) is 12.6 Å². The average molecular weight is 236 g/mol. The molecule has 0 bridgehead atoms. The molecule has 0 saturated carbocycles. The molecule has 88 valence electrons. The van der Waals surface area contributed by atoms with Gasteiger partial charge in [0.15, 0.2) is 12.6 Å². The van der Waals surface area contributed by atoms with Crippen LogP contribution in [0.2, 0.25) is 0 Å². The van der Waals surface area contributed by atoms with Gasteiger partial charge in [0.2, 0.25) is 0 Å². The van der Waals surface area contributed by atoms with Crippen molar-refractivity contribution in [2.75, 3.05) is 7.11 Å². The van der Waals surface area contributed by atoms with Gasteiger partial charge in [-0.05, 0) is 12.1 Å². The van der Waals surface area contributed by atoms with E-state index in [2.05, 4.69) is 4.74 Å². The predicted molar refractivity (Wildman–Crippen MR) is 55.5 cm³/mol. The minimum absolute atomic E-state index is 0.139. The summed E-state index contributed by atoms with van der Waals surface area (Å²) in [4.78, 5) is 43.5. The summed E-state index contributed by atoms with van der Waals surface area (Å²) in [5.74, 6) is -2.17. The van der Waals surface area contributed by atoms with Gasteiger partial charge in [0.25, 0.3) is 0 Å². The molecule has 17 heavy (non-hydrogen) atoms. The Bertz CT molecular complexity index is 503. The standard InChI is InChI=1S/C11H8O6/c1-17-11(16)9-3-6(4-12)8(10(14)15)2-7(9)5-13/h2-5H,1H3,(H,14,15). The highest BCUT2D eigenvalue weighted by molar-refractivity contribution is 6.05. The first-order valence-electron chi connectivity index (χ1n) is 4.45. The van der Waals surface area contributed by atoms with Crippen LogP contribution in [0.3, 0.4) is 0 Å². The maximum Gasteiger partial charge on any atom is 0.338 e. The zero-order valence-corrected chi connectivity index (χ0v) is 8.80. The van der Waals surface area contributed by atoms with Crippen LogP contribution < -0.4 is 0 Å². The van der Waals surface area contributed by atoms with Crippen LogP contribution in [0.15, 0.2) is 12.1 Å². The van der Waals surface area contributed by atoms with E-state index < -0.39 is 11.9 Å². The number of methoxy groups -OCH3 is 1. The molecule has 0 fully saturated rings. The molecule has 0 unspecified atom stereocenters. The number of aromatic carboxylic acids is 1. The number of rotatable bonds is 4. The monoisotopic (exact) mass is 236 g/mol. The Morgan fingerprint density at radius 1 is 1.12 bits per heavy atom. The van der Waals surface area contributed by atoms with Gasteiger partial charge in [0, 0.05) is 11.1 Å². The molecule has 6 nitrogen and oxygen atoms in total. The highest BCUT2D eigenvalue weighted by atomic mass is 16.5. The Balaban J connectivity index is 3.53. The van der Waals surface area contributed by atoms with Crippen LogP contribution in [0.4, 0.5) is 0 Å². The molecule has 1 aromatic carbocycles. The maximum absolute atomic E-state index is 11.3. The topological polar surface area (TPSA) is 97.7 Å². The SMILES string of the molecule is COC(=O)c1cc(C=O)c(C(=O)O)cc1C=O. The largest absolute Gasteiger partial charge is 0.478 e. The summed E-state index contributed by atoms with van der Waals surface area (Å²) in [6.07, 6.45) is 0.623. The second-order valence-corrected chi connectivity index (χ2v) is 3.06. The summed E-state index contributed by atoms with van der Waals surface area (Å²) in [5.41, 5.74) is -0.812. The first-order valence-corrected chi connectivity index (χ1v) is 4.45. The third-order valence-corrected chi connectivity index (χ3v) is 2.11. The smallest absolute Gasteiger partial charge is 0.338 e. The van der Waals surface area contributed by atoms with Crippen molar-refractivity contribution in [1.29, 1.82) is 0 Å². The lowest BCUT2D eigenvalue weighted by Crippen LogP contribution is -2.10. The van der Waals surface area contributed by atoms with E-state index in [-0.39, 0.29) is 22.3 Å². The Hall–Kier alpha value is -2.50. The van der Waals surface area contributed by atoms with Crippen molar-refractivity contribution in [3.05, 3.63) is 34.4 Å². The number of hydrogen-bond donors (Lipinski definition) is 1. The molecule has 0 amide bonds. The van der Waals surface area contributed by atoms with Crippen molar-refractivity contribution in [2.45, 2.75) is 0 Å². The molecular weight excluding hydrogens is 228 g/mol. The van der Waals surface area contributed by atoms with Gasteiger partial charge in [-0.1, -0.05) is 0 Å². The Morgan fingerprint density at radius 3 is 2.00 bits per heavy atom. The first-order chi connectivity index (χ1) is 8.04. The second-order valence-electron chi connectivity index (χ2n) is 3.06. The second kappa shape index (κ2) is 5.02. The van der Waals surface area contributed by atoms with Crippen molar-refractivity contribution in [1.82, 2.24) is 0 Å². The number of carboxylic acids is 1. The Morgan fingerprint density at radius 2 is 1.59 bits per heavy atom. The van der Waals surface area contributed by atoms with E-state index in [1.54, 1.807) is 0 Å². The van der Waals surface area contributed by atoms with Crippen molar-refractivity contribution in [3.8, 4) is 0 Å². The van der Waals surface area contributed by atoms with Crippen LogP contribution >= 0.6 is 0 Å². The summed E-state index contributed by atoms with van der Waals surface area (Å²) in [6.45, 7) is 0. The number of ether oxygens (including phenoxy) is 1. The molecule has 0 radical (unpaired) electrons. The van der Waals surface area contributed by atoms with Crippen LogP contribution in [0, 0.1) is 0 Å². The molecule has 6 heteroatoms. The van der Waals surface area contributed by atoms with E-state index in [0.717, 1.165) is 19.2 Å². The summed E-state index contributed by atoms with van der Waals surface area (Å²) < 4.78 is 4.42. The molecule has 1 rings (SSSR count). The molecule has 0 aliphatic rings. The molecule has 1 N–H and O–H groups in total. The van der Waals surface area contributed by atoms with Gasteiger partial charge in [-0.2, -0.15) is 0 Å². The molecule has 0 aliphatic heterocycles. The van der Waals surface area contributed by atoms with Crippen molar-refractivity contribution in [3.63, 3.8) is 0 Å². The van der Waals surface area contributed by atoms with Gasteiger partial charge < -0.3 is 9.84 Å². The summed E-state index contributed by atoms with van der Waals surface area (Å²) in [7, 11) is 1.11. The minimum Gasteiger partial charge on any atom is -0.478 e. The van der Waals surface area contributed by atoms with Gasteiger partial charge in [-0.3, -0.25) is 9.59 Å². The van der Waals surface area contributed by atoms with Gasteiger partial charge >= 0.3 is 11.9 Å². The van der Waals surface area contributed by atoms with E-state index in [1.807, 2.05) is 0 Å². The van der Waals surface area contributed by atoms with Crippen LogP contribution in [-0.4, -0.2) is 36.7 Å². The van der Waals surface area contributed by atoms with E-state index in [1.165, 1.54) is 0 Å². The molecule has 0 atom stereocenters. The highest BCUT2D eigenvalue weighted by Gasteiger charge is 2.18. The fourth-order valence-corrected chi connectivity index (χ4v) is 1.30. The number of benzene rings is 1. The number of carbonyl (C=O) groups excluding carboxylic acids is 3. The molecule has 0 saturated heterocycles. The molecular formula is C11H8O6. The van der Waals surface area contributed by atoms with E-state index in [4.69, 9.17) is 5.11 Å². The summed E-state index contributed by atoms with van der Waals surface area (Å²) >= 11 is 0. The zero-order valence-electron chi connectivity index (χ0n) is 8.80. The van der Waals surface area contributed by atoms with Gasteiger partial charge in [0.05, 0.1) is 18.2 Å². The van der Waals surface area contributed by atoms with Crippen molar-refractivity contribution in [2.24, 2.45) is 0 Å². The lowest BCUT2D eigenvalue weighted by molar-refractivity contribution is 0.0596. The average Bonchev–Trinajstić information content (AvgIpc) is 2.35. The van der Waals surface area contributed by atoms with Crippen molar-refractivity contribution < 1.29 is 29.0 Å². The normalized spacial score (nSPS) is 9.47. The molecule has 0 aromatic heterocycles. The molecule has 1 aromatic rings. The number of esters is 1. The van der Waals surface area contributed by atoms with Crippen LogP contribution in [0.1, 0.15) is 41.4 Å². The maximum atomic E-state index is 11.3. The number of carbonyl (C=O) groups is 4. The number of aldehydes is 2. The Labute approximate surface area is 95.8 Å². The fourth-order valence-electron chi connectivity index (χ4n) is 1.30. The van der Waals surface area contributed by atoms with E-state index >= 15 is 0 Å². The Kier molecular flexibility index (Phi) is 3.71. The highest BCUT2D eigenvalue weighted by Crippen LogP contribution is 2.16. The molecule has 0 spiro atoms. The van der Waals surface area contributed by atoms with Crippen LogP contribution in [0.25, 0.3) is 0 Å².